The summed E-state index contributed by atoms with van der Waals surface area (Å²) >= 11 is 0. The van der Waals surface area contributed by atoms with Gasteiger partial charge in [0.25, 0.3) is 0 Å². The fraction of sp³-hybridized carbons (Fsp3) is 0.556. The van der Waals surface area contributed by atoms with Gasteiger partial charge in [0.2, 0.25) is 0 Å². The Balaban J connectivity index is 1.28. The molecule has 2 aliphatic heterocycles. The van der Waals surface area contributed by atoms with Gasteiger partial charge in [0, 0.05) is 33.2 Å². The number of methoxy groups -OCH3 is 1. The van der Waals surface area contributed by atoms with Gasteiger partial charge in [0.05, 0.1) is 18.9 Å². The summed E-state index contributed by atoms with van der Waals surface area (Å²) < 4.78 is 5.46. The van der Waals surface area contributed by atoms with Crippen molar-refractivity contribution in [1.29, 1.82) is 0 Å². The molecule has 2 fully saturated rings. The number of likely N-dealkylation sites (N-methyl/N-ethyl adjacent to an activating group) is 1. The number of hydrogen-bond donors (Lipinski definition) is 0. The highest BCUT2D eigenvalue weighted by atomic mass is 16.5. The molecule has 0 N–H and O–H groups in total. The van der Waals surface area contributed by atoms with Gasteiger partial charge in [-0.05, 0) is 31.0 Å². The molecule has 5 rings (SSSR count). The summed E-state index contributed by atoms with van der Waals surface area (Å²) in [5, 5.41) is 0. The van der Waals surface area contributed by atoms with E-state index in [-0.39, 0.29) is 6.03 Å². The summed E-state index contributed by atoms with van der Waals surface area (Å²) in [6.07, 6.45) is 9.83. The monoisotopic (exact) mass is 492 g/mol. The van der Waals surface area contributed by atoms with E-state index < -0.39 is 6.17 Å². The van der Waals surface area contributed by atoms with Crippen molar-refractivity contribution < 1.29 is 14.3 Å². The fourth-order valence-electron chi connectivity index (χ4n) is 5.72. The molecule has 0 radical (unpaired) electrons. The Kier molecular flexibility index (Phi) is 7.36. The quantitative estimate of drug-likeness (QED) is 0.570. The lowest BCUT2D eigenvalue weighted by Crippen LogP contribution is -2.56. The van der Waals surface area contributed by atoms with Crippen LogP contribution in [-0.2, 0) is 4.79 Å². The van der Waals surface area contributed by atoms with Crippen LogP contribution in [0.5, 0.6) is 5.75 Å². The minimum absolute atomic E-state index is 0.168. The second-order valence-electron chi connectivity index (χ2n) is 10.0. The molecule has 0 bridgehead atoms. The first-order valence-electron chi connectivity index (χ1n) is 13.1. The smallest absolute Gasteiger partial charge is 0.326 e. The van der Waals surface area contributed by atoms with Crippen molar-refractivity contribution in [3.8, 4) is 17.1 Å². The summed E-state index contributed by atoms with van der Waals surface area (Å²) in [5.41, 5.74) is 1.31. The van der Waals surface area contributed by atoms with Crippen LogP contribution in [0.15, 0.2) is 30.5 Å². The number of benzene rings is 1. The van der Waals surface area contributed by atoms with E-state index in [1.165, 1.54) is 43.4 Å². The van der Waals surface area contributed by atoms with Crippen LogP contribution in [0.3, 0.4) is 0 Å². The Morgan fingerprint density at radius 2 is 1.86 bits per heavy atom. The van der Waals surface area contributed by atoms with Gasteiger partial charge >= 0.3 is 6.03 Å². The number of carbonyl (C=O) groups is 2. The lowest BCUT2D eigenvalue weighted by molar-refractivity contribution is -0.108. The van der Waals surface area contributed by atoms with E-state index in [1.807, 2.05) is 29.2 Å². The first kappa shape index (κ1) is 24.5. The Morgan fingerprint density at radius 1 is 1.11 bits per heavy atom. The van der Waals surface area contributed by atoms with E-state index in [2.05, 4.69) is 9.88 Å². The van der Waals surface area contributed by atoms with E-state index in [9.17, 15) is 9.59 Å². The number of anilines is 2. The summed E-state index contributed by atoms with van der Waals surface area (Å²) in [6, 6.07) is 7.37. The van der Waals surface area contributed by atoms with Gasteiger partial charge in [-0.15, -0.1) is 0 Å². The van der Waals surface area contributed by atoms with Crippen LogP contribution >= 0.6 is 0 Å². The highest BCUT2D eigenvalue weighted by Gasteiger charge is 2.41. The minimum atomic E-state index is -0.751. The molecule has 192 valence electrons. The zero-order valence-electron chi connectivity index (χ0n) is 21.3. The number of para-hydroxylation sites is 1. The number of nitrogens with zero attached hydrogens (tertiary/aromatic N) is 6. The predicted octanol–water partition coefficient (Wildman–Crippen LogP) is 3.64. The number of piperazine rings is 1. The maximum absolute atomic E-state index is 13.6. The second-order valence-corrected chi connectivity index (χ2v) is 10.0. The van der Waals surface area contributed by atoms with Crippen molar-refractivity contribution in [1.82, 2.24) is 19.8 Å². The molecule has 9 nitrogen and oxygen atoms in total. The van der Waals surface area contributed by atoms with Crippen molar-refractivity contribution in [3.63, 3.8) is 0 Å². The molecule has 1 saturated carbocycles. The number of aromatic nitrogens is 2. The molecule has 1 aliphatic carbocycles. The Hall–Kier alpha value is -3.20. The first-order chi connectivity index (χ1) is 17.6. The molecule has 2 amide bonds. The molecule has 1 aromatic carbocycles. The van der Waals surface area contributed by atoms with Gasteiger partial charge in [-0.3, -0.25) is 14.6 Å². The molecule has 2 aromatic rings. The third kappa shape index (κ3) is 4.76. The predicted molar refractivity (Wildman–Crippen MR) is 139 cm³/mol. The van der Waals surface area contributed by atoms with Crippen LogP contribution in [-0.4, -0.2) is 85.1 Å². The van der Waals surface area contributed by atoms with Crippen molar-refractivity contribution in [3.05, 3.63) is 30.5 Å². The zero-order chi connectivity index (χ0) is 25.1. The molecular formula is C27H36N6O3. The molecule has 1 saturated heterocycles. The number of carbonyl (C=O) groups excluding carboxylic acids is 2. The molecule has 9 heteroatoms. The number of urea groups is 1. The number of ether oxygens (including phenoxy) is 1. The van der Waals surface area contributed by atoms with Crippen LogP contribution in [0.4, 0.5) is 16.3 Å². The standard InChI is InChI=1S/C27H36N6O3/c1-30-24(19-34)33(22-18-28-25(29-26(22)30)21-10-6-7-11-23(21)36-2)27(35)32-16-14-31(15-17-32)13-12-20-8-4-3-5-9-20/h6-7,10-11,18-20,24H,3-5,8-9,12-17H2,1-2H3. The topological polar surface area (TPSA) is 82.1 Å². The van der Waals surface area contributed by atoms with E-state index >= 15 is 0 Å². The maximum atomic E-state index is 13.6. The van der Waals surface area contributed by atoms with Gasteiger partial charge in [-0.2, -0.15) is 0 Å². The van der Waals surface area contributed by atoms with Gasteiger partial charge in [0.1, 0.15) is 11.4 Å². The molecule has 3 aliphatic rings. The van der Waals surface area contributed by atoms with E-state index in [0.29, 0.717) is 36.2 Å². The fourth-order valence-corrected chi connectivity index (χ4v) is 5.72. The summed E-state index contributed by atoms with van der Waals surface area (Å²) in [6.45, 7) is 4.15. The van der Waals surface area contributed by atoms with Crippen molar-refractivity contribution >= 4 is 23.8 Å². The zero-order valence-corrected chi connectivity index (χ0v) is 21.3. The average molecular weight is 493 g/mol. The number of hydrogen-bond acceptors (Lipinski definition) is 7. The van der Waals surface area contributed by atoms with Crippen molar-refractivity contribution in [2.45, 2.75) is 44.7 Å². The van der Waals surface area contributed by atoms with E-state index in [4.69, 9.17) is 9.72 Å². The van der Waals surface area contributed by atoms with Crippen LogP contribution in [0.1, 0.15) is 38.5 Å². The lowest BCUT2D eigenvalue weighted by Gasteiger charge is -2.38. The van der Waals surface area contributed by atoms with E-state index in [1.54, 1.807) is 25.3 Å². The molecule has 1 unspecified atom stereocenters. The summed E-state index contributed by atoms with van der Waals surface area (Å²) in [7, 11) is 3.39. The SMILES string of the molecule is COc1ccccc1-c1ncc2c(n1)N(C)C(C=O)N2C(=O)N1CCN(CCC2CCCCC2)CC1. The van der Waals surface area contributed by atoms with Crippen LogP contribution < -0.4 is 14.5 Å². The molecule has 0 spiro atoms. The maximum Gasteiger partial charge on any atom is 0.326 e. The summed E-state index contributed by atoms with van der Waals surface area (Å²) in [5.74, 6) is 2.58. The Labute approximate surface area is 213 Å². The van der Waals surface area contributed by atoms with Gasteiger partial charge in [-0.25, -0.2) is 14.8 Å². The second kappa shape index (κ2) is 10.8. The molecule has 3 heterocycles. The Bertz CT molecular complexity index is 1080. The lowest BCUT2D eigenvalue weighted by atomic mass is 9.87. The highest BCUT2D eigenvalue weighted by Crippen LogP contribution is 2.39. The summed E-state index contributed by atoms with van der Waals surface area (Å²) in [4.78, 5) is 42.6. The van der Waals surface area contributed by atoms with Crippen LogP contribution in [0.25, 0.3) is 11.4 Å². The highest BCUT2D eigenvalue weighted by molar-refractivity contribution is 6.03. The normalized spacial score (nSPS) is 20.9. The van der Waals surface area contributed by atoms with Crippen molar-refractivity contribution in [2.24, 2.45) is 5.92 Å². The van der Waals surface area contributed by atoms with Gasteiger partial charge < -0.3 is 14.5 Å². The Morgan fingerprint density at radius 3 is 2.58 bits per heavy atom. The number of amides is 2. The van der Waals surface area contributed by atoms with Crippen LogP contribution in [0, 0.1) is 5.92 Å². The van der Waals surface area contributed by atoms with Crippen LogP contribution in [0.2, 0.25) is 0 Å². The first-order valence-corrected chi connectivity index (χ1v) is 13.1. The minimum Gasteiger partial charge on any atom is -0.496 e. The third-order valence-electron chi connectivity index (χ3n) is 7.90. The largest absolute Gasteiger partial charge is 0.496 e. The van der Waals surface area contributed by atoms with Gasteiger partial charge in [0.15, 0.2) is 24.1 Å². The number of fused-ring (bicyclic) bond motifs is 1. The van der Waals surface area contributed by atoms with Crippen molar-refractivity contribution in [2.75, 3.05) is 56.7 Å². The number of aldehydes is 1. The average Bonchev–Trinajstić information content (AvgIpc) is 3.23. The molecule has 1 aromatic heterocycles. The third-order valence-corrected chi connectivity index (χ3v) is 7.90. The molecule has 36 heavy (non-hydrogen) atoms. The number of rotatable bonds is 6. The molecular weight excluding hydrogens is 456 g/mol. The van der Waals surface area contributed by atoms with E-state index in [0.717, 1.165) is 37.4 Å². The van der Waals surface area contributed by atoms with Gasteiger partial charge in [-0.1, -0.05) is 44.2 Å². The molecule has 1 atom stereocenters.